The van der Waals surface area contributed by atoms with E-state index in [4.69, 9.17) is 9.84 Å². The van der Waals surface area contributed by atoms with Gasteiger partial charge in [-0.15, -0.1) is 0 Å². The lowest BCUT2D eigenvalue weighted by atomic mass is 9.96. The maximum absolute atomic E-state index is 12.8. The fourth-order valence-corrected chi connectivity index (χ4v) is 4.51. The van der Waals surface area contributed by atoms with Gasteiger partial charge in [-0.3, -0.25) is 9.59 Å². The molecule has 2 amide bonds. The smallest absolute Gasteiger partial charge is 0.407 e. The van der Waals surface area contributed by atoms with E-state index in [0.717, 1.165) is 22.3 Å². The van der Waals surface area contributed by atoms with Crippen molar-refractivity contribution in [3.05, 3.63) is 59.7 Å². The molecule has 0 bridgehead atoms. The molecule has 2 aromatic rings. The van der Waals surface area contributed by atoms with E-state index in [-0.39, 0.29) is 37.4 Å². The Labute approximate surface area is 187 Å². The molecule has 2 aliphatic rings. The Morgan fingerprint density at radius 1 is 1.03 bits per heavy atom. The molecule has 1 fully saturated rings. The third kappa shape index (κ3) is 4.33. The van der Waals surface area contributed by atoms with Crippen LogP contribution < -0.4 is 5.32 Å². The Bertz CT molecular complexity index is 983. The maximum Gasteiger partial charge on any atom is 0.407 e. The summed E-state index contributed by atoms with van der Waals surface area (Å²) in [5, 5.41) is 11.8. The predicted molar refractivity (Wildman–Crippen MR) is 119 cm³/mol. The molecule has 0 spiro atoms. The van der Waals surface area contributed by atoms with Gasteiger partial charge in [0.25, 0.3) is 0 Å². The van der Waals surface area contributed by atoms with Gasteiger partial charge in [-0.2, -0.15) is 0 Å². The van der Waals surface area contributed by atoms with Gasteiger partial charge in [0.1, 0.15) is 12.6 Å². The summed E-state index contributed by atoms with van der Waals surface area (Å²) in [6, 6.07) is 15.5. The van der Waals surface area contributed by atoms with Crippen LogP contribution in [-0.4, -0.2) is 53.7 Å². The van der Waals surface area contributed by atoms with Crippen LogP contribution in [0.2, 0.25) is 0 Å². The summed E-state index contributed by atoms with van der Waals surface area (Å²) in [4.78, 5) is 38.0. The van der Waals surface area contributed by atoms with E-state index < -0.39 is 24.0 Å². The number of alkyl carbamates (subject to hydrolysis) is 1. The highest BCUT2D eigenvalue weighted by molar-refractivity contribution is 5.88. The number of hydrogen-bond acceptors (Lipinski definition) is 4. The molecule has 1 heterocycles. The second-order valence-corrected chi connectivity index (χ2v) is 8.93. The second kappa shape index (κ2) is 9.02. The molecule has 2 aromatic carbocycles. The highest BCUT2D eigenvalue weighted by atomic mass is 16.5. The van der Waals surface area contributed by atoms with E-state index in [2.05, 4.69) is 29.6 Å². The molecule has 1 aliphatic heterocycles. The molecule has 1 atom stereocenters. The summed E-state index contributed by atoms with van der Waals surface area (Å²) in [7, 11) is 0. The third-order valence-corrected chi connectivity index (χ3v) is 6.18. The number of carbonyl (C=O) groups is 3. The predicted octanol–water partition coefficient (Wildman–Crippen LogP) is 3.48. The van der Waals surface area contributed by atoms with Gasteiger partial charge in [-0.05, 0) is 34.6 Å². The van der Waals surface area contributed by atoms with Crippen molar-refractivity contribution in [2.45, 2.75) is 32.2 Å². The molecular formula is C25H28N2O5. The van der Waals surface area contributed by atoms with E-state index >= 15 is 0 Å². The largest absolute Gasteiger partial charge is 0.481 e. The van der Waals surface area contributed by atoms with E-state index in [0.29, 0.717) is 6.42 Å². The average Bonchev–Trinajstić information content (AvgIpc) is 3.04. The maximum atomic E-state index is 12.8. The number of carbonyl (C=O) groups excluding carboxylic acids is 2. The number of benzene rings is 2. The van der Waals surface area contributed by atoms with E-state index in [9.17, 15) is 14.4 Å². The van der Waals surface area contributed by atoms with Crippen LogP contribution in [0.5, 0.6) is 0 Å². The molecule has 0 aromatic heterocycles. The number of amides is 2. The Morgan fingerprint density at radius 3 is 2.12 bits per heavy atom. The molecule has 4 rings (SSSR count). The van der Waals surface area contributed by atoms with Crippen molar-refractivity contribution in [2.75, 3.05) is 19.7 Å². The van der Waals surface area contributed by atoms with Gasteiger partial charge in [-0.25, -0.2) is 4.79 Å². The first-order valence-corrected chi connectivity index (χ1v) is 11.0. The minimum atomic E-state index is -0.904. The number of rotatable bonds is 7. The summed E-state index contributed by atoms with van der Waals surface area (Å²) in [5.74, 6) is -1.58. The number of ether oxygens (including phenoxy) is 1. The van der Waals surface area contributed by atoms with Gasteiger partial charge >= 0.3 is 12.1 Å². The lowest BCUT2D eigenvalue weighted by molar-refractivity contribution is -0.153. The molecule has 0 radical (unpaired) electrons. The number of nitrogens with zero attached hydrogens (tertiary/aromatic N) is 1. The summed E-state index contributed by atoms with van der Waals surface area (Å²) in [5.41, 5.74) is 4.54. The Hall–Kier alpha value is -3.35. The van der Waals surface area contributed by atoms with E-state index in [1.54, 1.807) is 0 Å². The minimum Gasteiger partial charge on any atom is -0.481 e. The fourth-order valence-electron chi connectivity index (χ4n) is 4.51. The van der Waals surface area contributed by atoms with E-state index in [1.165, 1.54) is 4.90 Å². The summed E-state index contributed by atoms with van der Waals surface area (Å²) in [6.07, 6.45) is -0.182. The normalized spacial score (nSPS) is 16.2. The van der Waals surface area contributed by atoms with E-state index in [1.807, 2.05) is 38.1 Å². The van der Waals surface area contributed by atoms with Crippen LogP contribution in [0, 0.1) is 11.8 Å². The number of likely N-dealkylation sites (tertiary alicyclic amines) is 1. The highest BCUT2D eigenvalue weighted by Crippen LogP contribution is 2.44. The number of hydrogen-bond donors (Lipinski definition) is 2. The number of carboxylic acids is 1. The number of carboxylic acid groups (broad SMARTS) is 1. The average molecular weight is 437 g/mol. The SMILES string of the molecule is CC(C)C[C@@H](NC(=O)OCC1c2ccccc2-c2ccccc21)C(=O)N1CC(C(=O)O)C1. The van der Waals surface area contributed by atoms with Crippen LogP contribution in [0.15, 0.2) is 48.5 Å². The van der Waals surface area contributed by atoms with Crippen molar-refractivity contribution in [2.24, 2.45) is 11.8 Å². The van der Waals surface area contributed by atoms with Gasteiger partial charge < -0.3 is 20.1 Å². The van der Waals surface area contributed by atoms with Crippen molar-refractivity contribution >= 4 is 18.0 Å². The minimum absolute atomic E-state index is 0.0564. The van der Waals surface area contributed by atoms with Crippen molar-refractivity contribution in [3.63, 3.8) is 0 Å². The van der Waals surface area contributed by atoms with Crippen molar-refractivity contribution in [1.29, 1.82) is 0 Å². The number of aliphatic carboxylic acids is 1. The van der Waals surface area contributed by atoms with Crippen LogP contribution in [0.1, 0.15) is 37.3 Å². The molecule has 32 heavy (non-hydrogen) atoms. The van der Waals surface area contributed by atoms with Gasteiger partial charge in [-0.1, -0.05) is 62.4 Å². The molecule has 2 N–H and O–H groups in total. The van der Waals surface area contributed by atoms with Gasteiger partial charge in [0, 0.05) is 19.0 Å². The van der Waals surface area contributed by atoms with Gasteiger partial charge in [0.15, 0.2) is 0 Å². The Kier molecular flexibility index (Phi) is 6.17. The number of fused-ring (bicyclic) bond motifs is 3. The van der Waals surface area contributed by atoms with Crippen molar-refractivity contribution in [1.82, 2.24) is 10.2 Å². The van der Waals surface area contributed by atoms with Crippen LogP contribution in [0.4, 0.5) is 4.79 Å². The zero-order valence-corrected chi connectivity index (χ0v) is 18.3. The molecule has 7 heteroatoms. The topological polar surface area (TPSA) is 95.9 Å². The zero-order chi connectivity index (χ0) is 22.8. The van der Waals surface area contributed by atoms with Crippen molar-refractivity contribution < 1.29 is 24.2 Å². The second-order valence-electron chi connectivity index (χ2n) is 8.93. The number of nitrogens with one attached hydrogen (secondary N) is 1. The van der Waals surface area contributed by atoms with Crippen LogP contribution in [0.25, 0.3) is 11.1 Å². The lowest BCUT2D eigenvalue weighted by Gasteiger charge is -2.39. The molecule has 168 valence electrons. The van der Waals surface area contributed by atoms with Crippen molar-refractivity contribution in [3.8, 4) is 11.1 Å². The van der Waals surface area contributed by atoms with Crippen LogP contribution >= 0.6 is 0 Å². The first-order valence-electron chi connectivity index (χ1n) is 11.0. The summed E-state index contributed by atoms with van der Waals surface area (Å²) >= 11 is 0. The monoisotopic (exact) mass is 436 g/mol. The summed E-state index contributed by atoms with van der Waals surface area (Å²) < 4.78 is 5.58. The first kappa shape index (κ1) is 21.9. The molecular weight excluding hydrogens is 408 g/mol. The Balaban J connectivity index is 1.40. The molecule has 7 nitrogen and oxygen atoms in total. The first-order chi connectivity index (χ1) is 15.3. The van der Waals surface area contributed by atoms with Crippen LogP contribution in [0.3, 0.4) is 0 Å². The van der Waals surface area contributed by atoms with Gasteiger partial charge in [0.05, 0.1) is 5.92 Å². The highest BCUT2D eigenvalue weighted by Gasteiger charge is 2.39. The zero-order valence-electron chi connectivity index (χ0n) is 18.3. The van der Waals surface area contributed by atoms with Crippen LogP contribution in [-0.2, 0) is 14.3 Å². The molecule has 1 aliphatic carbocycles. The Morgan fingerprint density at radius 2 is 1.59 bits per heavy atom. The molecule has 1 saturated heterocycles. The summed E-state index contributed by atoms with van der Waals surface area (Å²) in [6.45, 7) is 4.46. The molecule has 0 unspecified atom stereocenters. The standard InChI is InChI=1S/C25H28N2O5/c1-15(2)11-22(23(28)27-12-16(13-27)24(29)30)26-25(31)32-14-21-19-9-5-3-7-17(19)18-8-4-6-10-20(18)21/h3-10,15-16,21-22H,11-14H2,1-2H3,(H,26,31)(H,29,30)/t22-/m1/s1. The fraction of sp³-hybridized carbons (Fsp3) is 0.400. The lowest BCUT2D eigenvalue weighted by Crippen LogP contribution is -2.59. The quantitative estimate of drug-likeness (QED) is 0.693. The third-order valence-electron chi connectivity index (χ3n) is 6.18. The van der Waals surface area contributed by atoms with Gasteiger partial charge in [0.2, 0.25) is 5.91 Å². The molecule has 0 saturated carbocycles.